The molecule has 0 spiro atoms. The zero-order valence-electron chi connectivity index (χ0n) is 23.2. The second-order valence-corrected chi connectivity index (χ2v) is 16.1. The smallest absolute Gasteiger partial charge is 0.126 e. The third kappa shape index (κ3) is 6.62. The average Bonchev–Trinajstić information content (AvgIpc) is 2.91. The van der Waals surface area contributed by atoms with Crippen molar-refractivity contribution in [3.05, 3.63) is 131 Å². The Bertz CT molecular complexity index is 1550. The Morgan fingerprint density at radius 2 is 0.795 bits per heavy atom. The van der Waals surface area contributed by atoms with Crippen LogP contribution in [0.25, 0.3) is 0 Å². The molecule has 0 N–H and O–H groups in total. The van der Waals surface area contributed by atoms with E-state index >= 15 is 0 Å². The molecule has 6 rings (SSSR count). The molecule has 10 heteroatoms. The Morgan fingerprint density at radius 1 is 0.455 bits per heavy atom. The third-order valence-electron chi connectivity index (χ3n) is 8.27. The molecule has 2 aliphatic rings. The van der Waals surface area contributed by atoms with Crippen molar-refractivity contribution >= 4 is 37.1 Å². The predicted octanol–water partition coefficient (Wildman–Crippen LogP) is 8.62. The second kappa shape index (κ2) is 12.7. The van der Waals surface area contributed by atoms with Gasteiger partial charge in [-0.25, -0.2) is 35.1 Å². The monoisotopic (exact) mass is 648 g/mol. The fraction of sp³-hybridized carbons (Fsp3) is 0.235. The van der Waals surface area contributed by atoms with Crippen LogP contribution in [0.4, 0.5) is 35.1 Å². The van der Waals surface area contributed by atoms with Crippen molar-refractivity contribution in [1.29, 1.82) is 0 Å². The molecule has 228 valence electrons. The highest BCUT2D eigenvalue weighted by Gasteiger charge is 2.44. The molecular weight excluding hydrogens is 622 g/mol. The molecular formula is C34H26F8P2. The van der Waals surface area contributed by atoms with Gasteiger partial charge in [-0.15, -0.1) is 0 Å². The molecule has 0 aliphatic heterocycles. The van der Waals surface area contributed by atoms with E-state index in [9.17, 15) is 35.1 Å². The van der Waals surface area contributed by atoms with E-state index in [0.29, 0.717) is 37.1 Å². The zero-order chi connectivity index (χ0) is 31.1. The van der Waals surface area contributed by atoms with Crippen LogP contribution >= 0.6 is 15.8 Å². The molecule has 0 bridgehead atoms. The first-order valence-electron chi connectivity index (χ1n) is 14.2. The van der Waals surface area contributed by atoms with Crippen molar-refractivity contribution in [2.24, 2.45) is 5.92 Å². The van der Waals surface area contributed by atoms with Crippen molar-refractivity contribution in [2.45, 2.75) is 43.4 Å². The van der Waals surface area contributed by atoms with Crippen LogP contribution < -0.4 is 21.2 Å². The van der Waals surface area contributed by atoms with Gasteiger partial charge in [-0.05, 0) is 135 Å². The van der Waals surface area contributed by atoms with Gasteiger partial charge in [-0.2, -0.15) is 0 Å². The molecule has 0 amide bonds. The van der Waals surface area contributed by atoms with Crippen LogP contribution in [-0.2, 0) is 0 Å². The molecule has 0 saturated heterocycles. The number of benzene rings is 4. The summed E-state index contributed by atoms with van der Waals surface area (Å²) in [5.74, 6) is -6.86. The van der Waals surface area contributed by atoms with Crippen LogP contribution in [0.2, 0.25) is 0 Å². The number of fused-ring (bicyclic) bond motifs is 1. The molecule has 1 saturated carbocycles. The van der Waals surface area contributed by atoms with Gasteiger partial charge < -0.3 is 0 Å². The van der Waals surface area contributed by atoms with E-state index in [1.807, 2.05) is 0 Å². The van der Waals surface area contributed by atoms with Crippen molar-refractivity contribution < 1.29 is 35.1 Å². The molecule has 3 unspecified atom stereocenters. The number of hydrogen-bond donors (Lipinski definition) is 0. The van der Waals surface area contributed by atoms with E-state index in [2.05, 4.69) is 6.08 Å². The molecule has 0 nitrogen and oxygen atoms in total. The van der Waals surface area contributed by atoms with Crippen LogP contribution in [0.3, 0.4) is 0 Å². The predicted molar refractivity (Wildman–Crippen MR) is 160 cm³/mol. The average molecular weight is 649 g/mol. The quantitative estimate of drug-likeness (QED) is 0.112. The van der Waals surface area contributed by atoms with E-state index in [4.69, 9.17) is 0 Å². The summed E-state index contributed by atoms with van der Waals surface area (Å²) in [5.41, 5.74) is 0.0118. The van der Waals surface area contributed by atoms with Gasteiger partial charge >= 0.3 is 0 Å². The topological polar surface area (TPSA) is 0 Å². The zero-order valence-corrected chi connectivity index (χ0v) is 25.0. The van der Waals surface area contributed by atoms with Gasteiger partial charge in [0.15, 0.2) is 0 Å². The van der Waals surface area contributed by atoms with Crippen molar-refractivity contribution in [3.63, 3.8) is 0 Å². The molecule has 0 radical (unpaired) electrons. The minimum atomic E-state index is -1.91. The first kappa shape index (κ1) is 30.9. The van der Waals surface area contributed by atoms with Gasteiger partial charge in [-0.1, -0.05) is 11.6 Å². The fourth-order valence-electron chi connectivity index (χ4n) is 6.67. The van der Waals surface area contributed by atoms with Gasteiger partial charge in [-0.3, -0.25) is 0 Å². The van der Waals surface area contributed by atoms with Gasteiger partial charge in [0.1, 0.15) is 46.5 Å². The molecule has 2 aliphatic carbocycles. The minimum absolute atomic E-state index is 0.0668. The minimum Gasteiger partial charge on any atom is -0.207 e. The highest BCUT2D eigenvalue weighted by Crippen LogP contribution is 2.59. The molecule has 1 fully saturated rings. The first-order chi connectivity index (χ1) is 21.0. The number of hydrogen-bond acceptors (Lipinski definition) is 0. The van der Waals surface area contributed by atoms with E-state index in [1.54, 1.807) is 0 Å². The van der Waals surface area contributed by atoms with E-state index in [1.165, 1.54) is 0 Å². The molecule has 0 aromatic heterocycles. The van der Waals surface area contributed by atoms with Gasteiger partial charge in [0.2, 0.25) is 0 Å². The van der Waals surface area contributed by atoms with E-state index in [-0.39, 0.29) is 27.1 Å². The number of halogens is 8. The standard InChI is InChI=1S/C34H26F8P2/c35-21-7-22(36)12-29(11-21)43(30-13-23(37)8-24(38)14-30)33-5-19-3-1-2-4-20(19)6-34(33)44(31-15-25(39)9-26(40)16-31)32-17-27(41)10-28(42)18-32/h3,7-18,20,33-34H,1-2,4-6H2. The Morgan fingerprint density at radius 3 is 1.16 bits per heavy atom. The maximum Gasteiger partial charge on any atom is 0.126 e. The van der Waals surface area contributed by atoms with E-state index < -0.39 is 73.7 Å². The molecule has 0 heterocycles. The summed E-state index contributed by atoms with van der Waals surface area (Å²) in [6, 6.07) is 12.0. The Labute approximate surface area is 252 Å². The Kier molecular flexibility index (Phi) is 8.95. The normalized spacial score (nSPS) is 20.1. The van der Waals surface area contributed by atoms with Crippen LogP contribution in [0.15, 0.2) is 84.4 Å². The summed E-state index contributed by atoms with van der Waals surface area (Å²) >= 11 is 0. The summed E-state index contributed by atoms with van der Waals surface area (Å²) in [7, 11) is -3.80. The lowest BCUT2D eigenvalue weighted by molar-refractivity contribution is 0.411. The SMILES string of the molecule is Fc1cc(F)cc(P(c2cc(F)cc(F)c2)C2CC3=CCCCC3CC2P(c2cc(F)cc(F)c2)c2cc(F)cc(F)c2)c1. The van der Waals surface area contributed by atoms with Crippen LogP contribution in [-0.4, -0.2) is 11.3 Å². The first-order valence-corrected chi connectivity index (χ1v) is 17.0. The van der Waals surface area contributed by atoms with Crippen LogP contribution in [0, 0.1) is 52.5 Å². The fourth-order valence-corrected chi connectivity index (χ4v) is 13.5. The lowest BCUT2D eigenvalue weighted by Crippen LogP contribution is -2.41. The second-order valence-electron chi connectivity index (χ2n) is 11.2. The Hall–Kier alpha value is -3.08. The Balaban J connectivity index is 1.62. The third-order valence-corrected chi connectivity index (χ3v) is 14.2. The molecule has 3 atom stereocenters. The number of allylic oxidation sites excluding steroid dienone is 2. The summed E-state index contributed by atoms with van der Waals surface area (Å²) in [5, 5.41) is 0.786. The van der Waals surface area contributed by atoms with Gasteiger partial charge in [0.25, 0.3) is 0 Å². The maximum absolute atomic E-state index is 14.7. The van der Waals surface area contributed by atoms with E-state index in [0.717, 1.165) is 73.4 Å². The summed E-state index contributed by atoms with van der Waals surface area (Å²) in [4.78, 5) is 0. The summed E-state index contributed by atoms with van der Waals surface area (Å²) in [6.07, 6.45) is 5.51. The van der Waals surface area contributed by atoms with Gasteiger partial charge in [0, 0.05) is 24.3 Å². The molecule has 4 aromatic rings. The summed E-state index contributed by atoms with van der Waals surface area (Å²) in [6.45, 7) is 0. The lowest BCUT2D eigenvalue weighted by Gasteiger charge is -2.47. The van der Waals surface area contributed by atoms with Crippen molar-refractivity contribution in [1.82, 2.24) is 0 Å². The maximum atomic E-state index is 14.7. The van der Waals surface area contributed by atoms with Crippen LogP contribution in [0.5, 0.6) is 0 Å². The lowest BCUT2D eigenvalue weighted by atomic mass is 9.77. The highest BCUT2D eigenvalue weighted by molar-refractivity contribution is 7.77. The number of rotatable bonds is 6. The summed E-state index contributed by atoms with van der Waals surface area (Å²) < 4.78 is 118. The van der Waals surface area contributed by atoms with Crippen molar-refractivity contribution in [3.8, 4) is 0 Å². The van der Waals surface area contributed by atoms with Crippen LogP contribution in [0.1, 0.15) is 32.1 Å². The molecule has 44 heavy (non-hydrogen) atoms. The van der Waals surface area contributed by atoms with Crippen molar-refractivity contribution in [2.75, 3.05) is 0 Å². The molecule has 4 aromatic carbocycles. The highest BCUT2D eigenvalue weighted by atomic mass is 31.1. The van der Waals surface area contributed by atoms with Gasteiger partial charge in [0.05, 0.1) is 0 Å². The largest absolute Gasteiger partial charge is 0.207 e.